The number of aliphatic hydroxyl groups is 1. The zero-order valence-corrected chi connectivity index (χ0v) is 20.5. The van der Waals surface area contributed by atoms with E-state index < -0.39 is 17.7 Å². The van der Waals surface area contributed by atoms with Gasteiger partial charge in [-0.3, -0.25) is 14.5 Å². The smallest absolute Gasteiger partial charge is 0.295 e. The van der Waals surface area contributed by atoms with E-state index in [1.54, 1.807) is 17.0 Å². The summed E-state index contributed by atoms with van der Waals surface area (Å²) in [4.78, 5) is 30.3. The summed E-state index contributed by atoms with van der Waals surface area (Å²) < 4.78 is 11.1. The van der Waals surface area contributed by atoms with Crippen LogP contribution in [0.4, 0.5) is 0 Å². The van der Waals surface area contributed by atoms with Gasteiger partial charge in [0, 0.05) is 31.7 Å². The fraction of sp³-hybridized carbons (Fsp3) is 0.429. The molecule has 2 aromatic rings. The van der Waals surface area contributed by atoms with Gasteiger partial charge in [-0.1, -0.05) is 48.9 Å². The fourth-order valence-electron chi connectivity index (χ4n) is 4.58. The molecule has 35 heavy (non-hydrogen) atoms. The Morgan fingerprint density at radius 2 is 1.71 bits per heavy atom. The van der Waals surface area contributed by atoms with Gasteiger partial charge in [-0.2, -0.15) is 0 Å². The number of carbonyl (C=O) groups excluding carboxylic acids is 2. The van der Waals surface area contributed by atoms with Crippen molar-refractivity contribution in [2.45, 2.75) is 32.7 Å². The average Bonchev–Trinajstić information content (AvgIpc) is 3.13. The minimum atomic E-state index is -0.652. The summed E-state index contributed by atoms with van der Waals surface area (Å²) in [6.07, 6.45) is 1.63. The Morgan fingerprint density at radius 3 is 2.37 bits per heavy atom. The second kappa shape index (κ2) is 11.5. The lowest BCUT2D eigenvalue weighted by Crippen LogP contribution is -2.38. The number of aryl methyl sites for hydroxylation is 1. The third-order valence-corrected chi connectivity index (χ3v) is 6.51. The van der Waals surface area contributed by atoms with Crippen molar-refractivity contribution in [3.8, 4) is 5.75 Å². The molecule has 2 saturated heterocycles. The van der Waals surface area contributed by atoms with Crippen molar-refractivity contribution in [1.29, 1.82) is 0 Å². The fourth-order valence-corrected chi connectivity index (χ4v) is 4.58. The largest absolute Gasteiger partial charge is 0.507 e. The standard InChI is InChI=1S/C28H34N2O5/c1-3-17-35-23-11-9-21(10-12-23)25-24(26(31)22-7-5-20(2)6-8-22)27(32)28(33)30(25)14-4-13-29-15-18-34-19-16-29/h5-12,25,31H,3-4,13-19H2,1-2H3/t25-/m0/s1. The molecule has 0 bridgehead atoms. The van der Waals surface area contributed by atoms with E-state index >= 15 is 0 Å². The minimum Gasteiger partial charge on any atom is -0.507 e. The van der Waals surface area contributed by atoms with Crippen LogP contribution in [0.15, 0.2) is 54.1 Å². The van der Waals surface area contributed by atoms with Gasteiger partial charge in [0.15, 0.2) is 0 Å². The lowest BCUT2D eigenvalue weighted by atomic mass is 9.95. The first kappa shape index (κ1) is 24.9. The van der Waals surface area contributed by atoms with Gasteiger partial charge in [0.25, 0.3) is 11.7 Å². The number of nitrogens with zero attached hydrogens (tertiary/aromatic N) is 2. The Balaban J connectivity index is 1.64. The van der Waals surface area contributed by atoms with Crippen molar-refractivity contribution >= 4 is 17.4 Å². The summed E-state index contributed by atoms with van der Waals surface area (Å²) in [5, 5.41) is 11.2. The van der Waals surface area contributed by atoms with E-state index in [0.717, 1.165) is 49.4 Å². The Labute approximate surface area is 206 Å². The average molecular weight is 479 g/mol. The maximum absolute atomic E-state index is 13.2. The number of carbonyl (C=O) groups is 2. The molecule has 4 rings (SSSR count). The molecule has 1 N–H and O–H groups in total. The van der Waals surface area contributed by atoms with Crippen molar-refractivity contribution in [2.24, 2.45) is 0 Å². The molecule has 0 spiro atoms. The SMILES string of the molecule is CCCOc1ccc([C@H]2C(=C(O)c3ccc(C)cc3)C(=O)C(=O)N2CCCN2CCOCC2)cc1. The highest BCUT2D eigenvalue weighted by atomic mass is 16.5. The number of likely N-dealkylation sites (tertiary alicyclic amines) is 1. The summed E-state index contributed by atoms with van der Waals surface area (Å²) in [5.41, 5.74) is 2.47. The van der Waals surface area contributed by atoms with Crippen LogP contribution in [0, 0.1) is 6.92 Å². The number of hydrogen-bond acceptors (Lipinski definition) is 6. The van der Waals surface area contributed by atoms with Crippen LogP contribution in [0.25, 0.3) is 5.76 Å². The summed E-state index contributed by atoms with van der Waals surface area (Å²) in [7, 11) is 0. The molecular weight excluding hydrogens is 444 g/mol. The minimum absolute atomic E-state index is 0.132. The number of morpholine rings is 1. The third-order valence-electron chi connectivity index (χ3n) is 6.51. The van der Waals surface area contributed by atoms with Gasteiger partial charge >= 0.3 is 0 Å². The molecular formula is C28H34N2O5. The van der Waals surface area contributed by atoms with Gasteiger partial charge in [-0.15, -0.1) is 0 Å². The predicted octanol–water partition coefficient (Wildman–Crippen LogP) is 3.93. The van der Waals surface area contributed by atoms with Crippen molar-refractivity contribution in [3.63, 3.8) is 0 Å². The van der Waals surface area contributed by atoms with Crippen LogP contribution >= 0.6 is 0 Å². The van der Waals surface area contributed by atoms with Crippen LogP contribution in [-0.2, 0) is 14.3 Å². The lowest BCUT2D eigenvalue weighted by Gasteiger charge is -2.29. The predicted molar refractivity (Wildman–Crippen MR) is 134 cm³/mol. The zero-order valence-electron chi connectivity index (χ0n) is 20.5. The molecule has 0 unspecified atom stereocenters. The van der Waals surface area contributed by atoms with E-state index in [2.05, 4.69) is 4.90 Å². The van der Waals surface area contributed by atoms with Gasteiger partial charge in [-0.05, 0) is 37.5 Å². The van der Waals surface area contributed by atoms with E-state index in [1.807, 2.05) is 50.2 Å². The van der Waals surface area contributed by atoms with E-state index in [0.29, 0.717) is 31.9 Å². The highest BCUT2D eigenvalue weighted by Crippen LogP contribution is 2.40. The van der Waals surface area contributed by atoms with E-state index in [1.165, 1.54) is 0 Å². The zero-order chi connectivity index (χ0) is 24.8. The molecule has 0 aliphatic carbocycles. The molecule has 186 valence electrons. The molecule has 1 atom stereocenters. The number of amides is 1. The lowest BCUT2D eigenvalue weighted by molar-refractivity contribution is -0.140. The van der Waals surface area contributed by atoms with E-state index in [9.17, 15) is 14.7 Å². The number of hydrogen-bond donors (Lipinski definition) is 1. The maximum Gasteiger partial charge on any atom is 0.295 e. The second-order valence-corrected chi connectivity index (χ2v) is 9.08. The maximum atomic E-state index is 13.2. The van der Waals surface area contributed by atoms with Crippen molar-refractivity contribution in [3.05, 3.63) is 70.8 Å². The Hall–Kier alpha value is -3.16. The van der Waals surface area contributed by atoms with Crippen LogP contribution in [0.5, 0.6) is 5.75 Å². The van der Waals surface area contributed by atoms with Gasteiger partial charge in [-0.25, -0.2) is 0 Å². The Kier molecular flexibility index (Phi) is 8.21. The summed E-state index contributed by atoms with van der Waals surface area (Å²) in [6.45, 7) is 9.03. The molecule has 2 aromatic carbocycles. The molecule has 2 aliphatic rings. The van der Waals surface area contributed by atoms with Gasteiger partial charge in [0.2, 0.25) is 0 Å². The van der Waals surface area contributed by atoms with Crippen LogP contribution in [0.2, 0.25) is 0 Å². The highest BCUT2D eigenvalue weighted by molar-refractivity contribution is 6.46. The first-order chi connectivity index (χ1) is 17.0. The summed E-state index contributed by atoms with van der Waals surface area (Å²) in [6, 6.07) is 14.1. The molecule has 2 aliphatic heterocycles. The quantitative estimate of drug-likeness (QED) is 0.334. The third kappa shape index (κ3) is 5.74. The molecule has 0 aromatic heterocycles. The van der Waals surface area contributed by atoms with Crippen LogP contribution in [0.1, 0.15) is 42.5 Å². The second-order valence-electron chi connectivity index (χ2n) is 9.08. The topological polar surface area (TPSA) is 79.3 Å². The number of benzene rings is 2. The van der Waals surface area contributed by atoms with E-state index in [4.69, 9.17) is 9.47 Å². The van der Waals surface area contributed by atoms with Gasteiger partial charge in [0.1, 0.15) is 11.5 Å². The first-order valence-corrected chi connectivity index (χ1v) is 12.4. The number of ketones is 1. The van der Waals surface area contributed by atoms with Crippen LogP contribution < -0.4 is 4.74 Å². The molecule has 0 radical (unpaired) electrons. The molecule has 2 heterocycles. The highest BCUT2D eigenvalue weighted by Gasteiger charge is 2.45. The van der Waals surface area contributed by atoms with Crippen molar-refractivity contribution in [1.82, 2.24) is 9.80 Å². The number of rotatable bonds is 9. The Bertz CT molecular complexity index is 1060. The van der Waals surface area contributed by atoms with Crippen LogP contribution in [-0.4, -0.2) is 72.6 Å². The van der Waals surface area contributed by atoms with Gasteiger partial charge in [0.05, 0.1) is 31.4 Å². The number of ether oxygens (including phenoxy) is 2. The molecule has 0 saturated carbocycles. The number of Topliss-reactive ketones (excluding diaryl/α,β-unsaturated/α-hetero) is 1. The summed E-state index contributed by atoms with van der Waals surface area (Å²) >= 11 is 0. The van der Waals surface area contributed by atoms with E-state index in [-0.39, 0.29) is 11.3 Å². The normalized spacial score (nSPS) is 20.4. The number of aliphatic hydroxyl groups excluding tert-OH is 1. The molecule has 2 fully saturated rings. The first-order valence-electron chi connectivity index (χ1n) is 12.4. The summed E-state index contributed by atoms with van der Waals surface area (Å²) in [5.74, 6) is -0.628. The van der Waals surface area contributed by atoms with Crippen LogP contribution in [0.3, 0.4) is 0 Å². The Morgan fingerprint density at radius 1 is 1.03 bits per heavy atom. The van der Waals surface area contributed by atoms with Gasteiger partial charge < -0.3 is 19.5 Å². The van der Waals surface area contributed by atoms with Crippen molar-refractivity contribution < 1.29 is 24.2 Å². The molecule has 1 amide bonds. The monoisotopic (exact) mass is 478 g/mol. The van der Waals surface area contributed by atoms with Crippen molar-refractivity contribution in [2.75, 3.05) is 46.0 Å². The molecule has 7 nitrogen and oxygen atoms in total. The molecule has 7 heteroatoms.